The van der Waals surface area contributed by atoms with Crippen molar-refractivity contribution in [2.24, 2.45) is 11.5 Å². The zero-order valence-corrected chi connectivity index (χ0v) is 33.3. The predicted octanol–water partition coefficient (Wildman–Crippen LogP) is 4.02. The maximum Gasteiger partial charge on any atom is 0.181 e. The van der Waals surface area contributed by atoms with Gasteiger partial charge in [-0.25, -0.2) is 0 Å². The number of carbonyl (C=O) groups excluding carboxylic acids is 2. The van der Waals surface area contributed by atoms with E-state index in [1.165, 1.54) is 0 Å². The number of hydrogen-bond acceptors (Lipinski definition) is 12. The van der Waals surface area contributed by atoms with E-state index in [4.69, 9.17) is 20.9 Å². The van der Waals surface area contributed by atoms with E-state index in [1.807, 2.05) is 36.4 Å². The molecule has 0 saturated carbocycles. The summed E-state index contributed by atoms with van der Waals surface area (Å²) >= 11 is 0. The molecule has 0 spiro atoms. The number of nitrogens with one attached hydrogen (secondary N) is 2. The molecular weight excluding hydrogens is 717 g/mol. The van der Waals surface area contributed by atoms with Crippen molar-refractivity contribution in [2.45, 2.75) is 37.0 Å². The molecule has 2 aliphatic heterocycles. The molecule has 290 valence electrons. The van der Waals surface area contributed by atoms with Crippen LogP contribution in [-0.4, -0.2) is 137 Å². The van der Waals surface area contributed by atoms with Gasteiger partial charge < -0.3 is 31.6 Å². The van der Waals surface area contributed by atoms with Crippen LogP contribution in [0.1, 0.15) is 31.8 Å². The van der Waals surface area contributed by atoms with Gasteiger partial charge in [-0.1, -0.05) is 82.3 Å². The van der Waals surface area contributed by atoms with E-state index in [0.717, 1.165) is 94.3 Å². The summed E-state index contributed by atoms with van der Waals surface area (Å²) in [7, 11) is 6.87. The van der Waals surface area contributed by atoms with Crippen LogP contribution in [0, 0.1) is 0 Å². The summed E-state index contributed by atoms with van der Waals surface area (Å²) in [6.07, 6.45) is 1.51. The van der Waals surface area contributed by atoms with Crippen LogP contribution in [0.2, 0.25) is 0 Å². The van der Waals surface area contributed by atoms with Crippen LogP contribution in [0.4, 0.5) is 0 Å². The molecule has 0 bridgehead atoms. The highest BCUT2D eigenvalue weighted by atomic mass is 33.1. The van der Waals surface area contributed by atoms with Gasteiger partial charge in [0.1, 0.15) is 0 Å². The monoisotopic (exact) mass is 772 g/mol. The van der Waals surface area contributed by atoms with E-state index in [9.17, 15) is 9.59 Å². The quantitative estimate of drug-likeness (QED) is 0.0624. The van der Waals surface area contributed by atoms with Crippen LogP contribution in [0.3, 0.4) is 0 Å². The van der Waals surface area contributed by atoms with Crippen molar-refractivity contribution in [2.75, 3.05) is 91.3 Å². The summed E-state index contributed by atoms with van der Waals surface area (Å²) in [4.78, 5) is 32.9. The molecule has 4 aromatic rings. The fourth-order valence-corrected chi connectivity index (χ4v) is 10.0. The van der Waals surface area contributed by atoms with Gasteiger partial charge in [0.2, 0.25) is 0 Å². The second kappa shape index (κ2) is 20.3. The molecule has 6 N–H and O–H groups in total. The molecule has 0 amide bonds. The van der Waals surface area contributed by atoms with E-state index >= 15 is 0 Å². The largest absolute Gasteiger partial charge is 0.384 e. The topological polar surface area (TPSA) is 135 Å². The Hall–Kier alpha value is -2.88. The van der Waals surface area contributed by atoms with Crippen molar-refractivity contribution < 1.29 is 19.1 Å². The number of nitrogens with two attached hydrogens (primary N) is 2. The van der Waals surface area contributed by atoms with E-state index in [0.29, 0.717) is 39.4 Å². The van der Waals surface area contributed by atoms with E-state index in [2.05, 4.69) is 56.8 Å². The molecule has 6 rings (SSSR count). The molecule has 0 aliphatic carbocycles. The lowest BCUT2D eigenvalue weighted by Gasteiger charge is -2.37. The molecule has 2 saturated heterocycles. The number of fused-ring (bicyclic) bond motifs is 2. The molecule has 4 aromatic carbocycles. The number of methoxy groups -OCH3 is 2. The highest BCUT2D eigenvalue weighted by Crippen LogP contribution is 2.28. The average Bonchev–Trinajstić information content (AvgIpc) is 3.20. The lowest BCUT2D eigenvalue weighted by Crippen LogP contribution is -2.57. The zero-order chi connectivity index (χ0) is 37.9. The summed E-state index contributed by atoms with van der Waals surface area (Å²) in [6.45, 7) is 6.90. The van der Waals surface area contributed by atoms with Crippen molar-refractivity contribution in [1.82, 2.24) is 20.4 Å². The van der Waals surface area contributed by atoms with Crippen LogP contribution < -0.4 is 22.1 Å². The first-order valence-electron chi connectivity index (χ1n) is 19.1. The molecule has 2 aliphatic rings. The number of ether oxygens (including phenoxy) is 2. The van der Waals surface area contributed by atoms with E-state index in [-0.39, 0.29) is 35.7 Å². The fraction of sp³-hybridized carbons (Fsp3) is 0.476. The molecule has 2 unspecified atom stereocenters. The summed E-state index contributed by atoms with van der Waals surface area (Å²) in [6, 6.07) is 23.9. The molecule has 2 fully saturated rings. The van der Waals surface area contributed by atoms with Gasteiger partial charge in [-0.05, 0) is 57.6 Å². The molecule has 2 heterocycles. The zero-order valence-electron chi connectivity index (χ0n) is 31.6. The molecule has 4 atom stereocenters. The first kappa shape index (κ1) is 40.8. The molecule has 0 radical (unpaired) electrons. The van der Waals surface area contributed by atoms with Crippen LogP contribution in [-0.2, 0) is 22.3 Å². The summed E-state index contributed by atoms with van der Waals surface area (Å²) < 4.78 is 10.7. The predicted molar refractivity (Wildman–Crippen MR) is 225 cm³/mol. The third-order valence-electron chi connectivity index (χ3n) is 10.5. The maximum atomic E-state index is 14.2. The number of rotatable bonds is 19. The second-order valence-electron chi connectivity index (χ2n) is 14.5. The maximum absolute atomic E-state index is 14.2. The number of ketones is 2. The van der Waals surface area contributed by atoms with Crippen LogP contribution in [0.25, 0.3) is 21.5 Å². The minimum atomic E-state index is -0.280. The minimum Gasteiger partial charge on any atom is -0.384 e. The molecule has 10 nitrogen and oxygen atoms in total. The Kier molecular flexibility index (Phi) is 15.4. The van der Waals surface area contributed by atoms with E-state index < -0.39 is 0 Å². The number of benzene rings is 4. The minimum absolute atomic E-state index is 0.0958. The van der Waals surface area contributed by atoms with Gasteiger partial charge >= 0.3 is 0 Å². The Morgan fingerprint density at radius 1 is 0.704 bits per heavy atom. The Morgan fingerprint density at radius 3 is 1.56 bits per heavy atom. The van der Waals surface area contributed by atoms with Gasteiger partial charge in [0.25, 0.3) is 0 Å². The summed E-state index contributed by atoms with van der Waals surface area (Å²) in [5.74, 6) is 1.77. The lowest BCUT2D eigenvalue weighted by atomic mass is 9.93. The average molecular weight is 773 g/mol. The van der Waals surface area contributed by atoms with Crippen molar-refractivity contribution in [3.05, 3.63) is 95.1 Å². The highest BCUT2D eigenvalue weighted by molar-refractivity contribution is 8.76. The summed E-state index contributed by atoms with van der Waals surface area (Å²) in [5.41, 5.74) is 17.2. The van der Waals surface area contributed by atoms with Crippen LogP contribution >= 0.6 is 21.6 Å². The Morgan fingerprint density at radius 2 is 1.13 bits per heavy atom. The number of nitrogens with zero attached hydrogens (tertiary/aromatic N) is 2. The summed E-state index contributed by atoms with van der Waals surface area (Å²) in [5, 5.41) is 11.0. The number of piperazine rings is 2. The number of hydrogen-bond donors (Lipinski definition) is 4. The van der Waals surface area contributed by atoms with Crippen molar-refractivity contribution in [3.63, 3.8) is 0 Å². The first-order valence-corrected chi connectivity index (χ1v) is 21.6. The standard InChI is InChI=1S/C42H56N6O4S2/c1-51-17-11-29-19-31-7-3-5-9-35(31)37(21-29)41(49)39-23-45-13-15-47(39)25-33(43)27-53-54-28-34(44)26-48-16-14-46-24-40(48)42(50)38-22-30(12-18-52-2)20-32-8-4-6-10-36(32)38/h3-10,19-22,33-34,39-40,45-46H,11-18,23-28,43-44H2,1-2H3/t33?,34?,39-,40-/m1/s1. The third kappa shape index (κ3) is 10.5. The van der Waals surface area contributed by atoms with Crippen molar-refractivity contribution in [1.29, 1.82) is 0 Å². The van der Waals surface area contributed by atoms with Crippen molar-refractivity contribution in [3.8, 4) is 0 Å². The Labute approximate surface area is 327 Å². The SMILES string of the molecule is COCCc1cc(C(=O)[C@H]2CNCCN2CC(N)CSSCC(N)CN2CCNC[C@@H]2C(=O)c2cc(CCOC)cc3ccccc23)c2ccccc2c1. The molecule has 54 heavy (non-hydrogen) atoms. The normalized spacial score (nSPS) is 19.6. The van der Waals surface area contributed by atoms with Crippen LogP contribution in [0.5, 0.6) is 0 Å². The molecular formula is C42H56N6O4S2. The van der Waals surface area contributed by atoms with Gasteiger partial charge in [0.05, 0.1) is 25.3 Å². The Balaban J connectivity index is 1.01. The fourth-order valence-electron chi connectivity index (χ4n) is 7.67. The number of Topliss-reactive ketones (excluding diaryl/α,β-unsaturated/α-hetero) is 2. The van der Waals surface area contributed by atoms with Gasteiger partial charge in [0.15, 0.2) is 11.6 Å². The third-order valence-corrected chi connectivity index (χ3v) is 13.1. The van der Waals surface area contributed by atoms with Gasteiger partial charge in [-0.2, -0.15) is 0 Å². The van der Waals surface area contributed by atoms with Gasteiger partial charge in [-0.15, -0.1) is 0 Å². The van der Waals surface area contributed by atoms with Crippen LogP contribution in [0.15, 0.2) is 72.8 Å². The second-order valence-corrected chi connectivity index (χ2v) is 17.0. The lowest BCUT2D eigenvalue weighted by molar-refractivity contribution is 0.0761. The number of carbonyl (C=O) groups is 2. The molecule has 0 aromatic heterocycles. The van der Waals surface area contributed by atoms with Crippen molar-refractivity contribution >= 4 is 54.7 Å². The smallest absolute Gasteiger partial charge is 0.181 e. The highest BCUT2D eigenvalue weighted by Gasteiger charge is 2.33. The first-order chi connectivity index (χ1) is 26.4. The van der Waals surface area contributed by atoms with Gasteiger partial charge in [-0.3, -0.25) is 19.4 Å². The molecule has 12 heteroatoms. The van der Waals surface area contributed by atoms with E-state index in [1.54, 1.807) is 35.8 Å². The van der Waals surface area contributed by atoms with Gasteiger partial charge in [0, 0.05) is 101 Å². The Bertz CT molecular complexity index is 1730.